The minimum absolute atomic E-state index is 0.711. The Hall–Kier alpha value is 0.700. The minimum atomic E-state index is 0.711. The van der Waals surface area contributed by atoms with Gasteiger partial charge in [0.1, 0.15) is 0 Å². The van der Waals surface area contributed by atoms with Crippen LogP contribution < -0.4 is 0 Å². The molecule has 3 rings (SSSR count). The van der Waals surface area contributed by atoms with Gasteiger partial charge in [0.15, 0.2) is 0 Å². The molecule has 0 bridgehead atoms. The molecular formula is C12H20S2. The van der Waals surface area contributed by atoms with Gasteiger partial charge >= 0.3 is 0 Å². The molecule has 2 heteroatoms. The van der Waals surface area contributed by atoms with E-state index in [9.17, 15) is 0 Å². The summed E-state index contributed by atoms with van der Waals surface area (Å²) in [5, 5.41) is 0. The molecule has 2 saturated heterocycles. The van der Waals surface area contributed by atoms with Gasteiger partial charge in [0.05, 0.1) is 0 Å². The van der Waals surface area contributed by atoms with E-state index in [1.807, 2.05) is 0 Å². The largest absolute Gasteiger partial charge is 0.153 e. The van der Waals surface area contributed by atoms with Gasteiger partial charge in [-0.15, -0.1) is 0 Å². The standard InChI is InChI=1S/C12H20S2/c1-11(7-13-11)9-3-5-10(6-4-9)12(2)8-14-12/h9-10H,3-8H2,1-2H3. The van der Waals surface area contributed by atoms with Crippen molar-refractivity contribution in [2.45, 2.75) is 49.0 Å². The second-order valence-corrected chi connectivity index (χ2v) is 8.77. The summed E-state index contributed by atoms with van der Waals surface area (Å²) < 4.78 is 1.42. The van der Waals surface area contributed by atoms with Gasteiger partial charge in [-0.25, -0.2) is 0 Å². The van der Waals surface area contributed by atoms with Gasteiger partial charge in [0, 0.05) is 21.0 Å². The van der Waals surface area contributed by atoms with E-state index in [2.05, 4.69) is 37.4 Å². The van der Waals surface area contributed by atoms with E-state index in [0.717, 1.165) is 11.8 Å². The summed E-state index contributed by atoms with van der Waals surface area (Å²) in [6, 6.07) is 0. The van der Waals surface area contributed by atoms with Crippen LogP contribution >= 0.6 is 23.5 Å². The summed E-state index contributed by atoms with van der Waals surface area (Å²) >= 11 is 4.39. The van der Waals surface area contributed by atoms with Crippen LogP contribution in [-0.2, 0) is 0 Å². The molecule has 0 aromatic carbocycles. The Morgan fingerprint density at radius 1 is 0.786 bits per heavy atom. The van der Waals surface area contributed by atoms with Crippen LogP contribution in [0.4, 0.5) is 0 Å². The first-order chi connectivity index (χ1) is 6.62. The molecule has 2 unspecified atom stereocenters. The normalized spacial score (nSPS) is 57.0. The molecule has 0 spiro atoms. The van der Waals surface area contributed by atoms with E-state index in [4.69, 9.17) is 0 Å². The molecule has 0 aromatic heterocycles. The number of hydrogen-bond donors (Lipinski definition) is 0. The highest BCUT2D eigenvalue weighted by atomic mass is 32.2. The average Bonchev–Trinajstić information content (AvgIpc) is 3.08. The maximum atomic E-state index is 2.48. The molecule has 0 radical (unpaired) electrons. The lowest BCUT2D eigenvalue weighted by Gasteiger charge is -2.34. The van der Waals surface area contributed by atoms with Crippen LogP contribution in [0.25, 0.3) is 0 Å². The van der Waals surface area contributed by atoms with Gasteiger partial charge in [-0.3, -0.25) is 0 Å². The van der Waals surface area contributed by atoms with Crippen LogP contribution in [0.5, 0.6) is 0 Å². The van der Waals surface area contributed by atoms with E-state index >= 15 is 0 Å². The number of rotatable bonds is 2. The third-order valence-electron chi connectivity index (χ3n) is 4.65. The van der Waals surface area contributed by atoms with Crippen molar-refractivity contribution in [2.24, 2.45) is 11.8 Å². The van der Waals surface area contributed by atoms with Crippen molar-refractivity contribution in [3.05, 3.63) is 0 Å². The zero-order valence-electron chi connectivity index (χ0n) is 9.21. The highest BCUT2D eigenvalue weighted by molar-refractivity contribution is 8.08. The molecule has 0 aromatic rings. The number of hydrogen-bond acceptors (Lipinski definition) is 2. The van der Waals surface area contributed by atoms with Crippen molar-refractivity contribution in [3.63, 3.8) is 0 Å². The molecule has 80 valence electrons. The summed E-state index contributed by atoms with van der Waals surface area (Å²) in [5.74, 6) is 4.98. The van der Waals surface area contributed by atoms with Gasteiger partial charge in [-0.1, -0.05) is 0 Å². The van der Waals surface area contributed by atoms with E-state index in [0.29, 0.717) is 9.49 Å². The number of thioether (sulfide) groups is 2. The van der Waals surface area contributed by atoms with Gasteiger partial charge in [-0.2, -0.15) is 23.5 Å². The smallest absolute Gasteiger partial charge is 0.0251 e. The van der Waals surface area contributed by atoms with E-state index in [-0.39, 0.29) is 0 Å². The van der Waals surface area contributed by atoms with E-state index < -0.39 is 0 Å². The zero-order valence-corrected chi connectivity index (χ0v) is 10.8. The lowest BCUT2D eigenvalue weighted by molar-refractivity contribution is 0.236. The summed E-state index contributed by atoms with van der Waals surface area (Å²) in [7, 11) is 0. The average molecular weight is 228 g/mol. The van der Waals surface area contributed by atoms with Crippen LogP contribution in [0.1, 0.15) is 39.5 Å². The van der Waals surface area contributed by atoms with Gasteiger partial charge in [0.25, 0.3) is 0 Å². The Morgan fingerprint density at radius 2 is 1.07 bits per heavy atom. The van der Waals surface area contributed by atoms with Gasteiger partial charge in [0.2, 0.25) is 0 Å². The summed E-state index contributed by atoms with van der Waals surface area (Å²) in [4.78, 5) is 0. The molecule has 14 heavy (non-hydrogen) atoms. The van der Waals surface area contributed by atoms with Crippen LogP contribution in [0, 0.1) is 11.8 Å². The predicted octanol–water partition coefficient (Wildman–Crippen LogP) is 3.80. The monoisotopic (exact) mass is 228 g/mol. The second-order valence-electron chi connectivity index (χ2n) is 5.75. The first-order valence-corrected chi connectivity index (χ1v) is 7.87. The van der Waals surface area contributed by atoms with Gasteiger partial charge in [-0.05, 0) is 51.4 Å². The maximum Gasteiger partial charge on any atom is 0.0251 e. The molecular weight excluding hydrogens is 208 g/mol. The molecule has 2 atom stereocenters. The van der Waals surface area contributed by atoms with Gasteiger partial charge < -0.3 is 0 Å². The second kappa shape index (κ2) is 3.10. The molecule has 2 heterocycles. The lowest BCUT2D eigenvalue weighted by Crippen LogP contribution is -2.30. The molecule has 0 nitrogen and oxygen atoms in total. The Kier molecular flexibility index (Phi) is 2.19. The van der Waals surface area contributed by atoms with Crippen molar-refractivity contribution >= 4 is 23.5 Å². The minimum Gasteiger partial charge on any atom is -0.153 e. The molecule has 0 amide bonds. The highest BCUT2D eigenvalue weighted by Crippen LogP contribution is 2.59. The molecule has 1 saturated carbocycles. The molecule has 3 fully saturated rings. The van der Waals surface area contributed by atoms with E-state index in [1.165, 1.54) is 37.2 Å². The first kappa shape index (κ1) is 9.89. The Balaban J connectivity index is 1.57. The lowest BCUT2D eigenvalue weighted by atomic mass is 9.73. The summed E-state index contributed by atoms with van der Waals surface area (Å²) in [5.41, 5.74) is 0. The summed E-state index contributed by atoms with van der Waals surface area (Å²) in [6.07, 6.45) is 6.07. The Bertz CT molecular complexity index is 207. The Labute approximate surface area is 96.0 Å². The molecule has 1 aliphatic carbocycles. The fourth-order valence-corrected chi connectivity index (χ4v) is 4.88. The van der Waals surface area contributed by atoms with Crippen LogP contribution in [0.15, 0.2) is 0 Å². The van der Waals surface area contributed by atoms with Crippen LogP contribution in [0.2, 0.25) is 0 Å². The van der Waals surface area contributed by atoms with Crippen molar-refractivity contribution in [3.8, 4) is 0 Å². The quantitative estimate of drug-likeness (QED) is 0.659. The summed E-state index contributed by atoms with van der Waals surface area (Å²) in [6.45, 7) is 4.96. The fraction of sp³-hybridized carbons (Fsp3) is 1.00. The van der Waals surface area contributed by atoms with Crippen LogP contribution in [-0.4, -0.2) is 21.0 Å². The van der Waals surface area contributed by atoms with Crippen molar-refractivity contribution in [1.29, 1.82) is 0 Å². The van der Waals surface area contributed by atoms with Crippen molar-refractivity contribution < 1.29 is 0 Å². The fourth-order valence-electron chi connectivity index (χ4n) is 3.01. The topological polar surface area (TPSA) is 0 Å². The van der Waals surface area contributed by atoms with Crippen molar-refractivity contribution in [2.75, 3.05) is 11.5 Å². The predicted molar refractivity (Wildman–Crippen MR) is 67.2 cm³/mol. The first-order valence-electron chi connectivity index (χ1n) is 5.90. The SMILES string of the molecule is CC1(C2CCC(C3(C)CS3)CC2)CS1. The van der Waals surface area contributed by atoms with Crippen molar-refractivity contribution in [1.82, 2.24) is 0 Å². The zero-order chi connectivity index (χ0) is 9.81. The third kappa shape index (κ3) is 1.63. The van der Waals surface area contributed by atoms with Crippen LogP contribution in [0.3, 0.4) is 0 Å². The highest BCUT2D eigenvalue weighted by Gasteiger charge is 2.51. The molecule has 0 N–H and O–H groups in total. The van der Waals surface area contributed by atoms with E-state index in [1.54, 1.807) is 0 Å². The maximum absolute atomic E-state index is 2.48. The third-order valence-corrected chi connectivity index (χ3v) is 7.72. The Morgan fingerprint density at radius 3 is 1.29 bits per heavy atom. The molecule has 3 aliphatic rings. The molecule has 2 aliphatic heterocycles.